The molecule has 0 aliphatic rings. The number of hydrogen-bond acceptors (Lipinski definition) is 5. The largest absolute Gasteiger partial charge is 2.00 e. The van der Waals surface area contributed by atoms with Gasteiger partial charge in [-0.25, -0.2) is 4.98 Å². The van der Waals surface area contributed by atoms with Gasteiger partial charge in [-0.2, -0.15) is 0 Å². The summed E-state index contributed by atoms with van der Waals surface area (Å²) in [5.41, 5.74) is 10.4. The van der Waals surface area contributed by atoms with Crippen LogP contribution in [-0.2, 0) is 63.3 Å². The topological polar surface area (TPSA) is 117 Å². The fourth-order valence-electron chi connectivity index (χ4n) is 5.91. The van der Waals surface area contributed by atoms with Crippen LogP contribution in [0.5, 0.6) is 0 Å². The minimum absolute atomic E-state index is 0. The van der Waals surface area contributed by atoms with E-state index in [2.05, 4.69) is 33.9 Å². The van der Waals surface area contributed by atoms with Crippen molar-refractivity contribution in [2.45, 2.75) is 0 Å². The SMILES string of the molecule is Cn1[c-]nc(-c2cccc3c2[n-]c2c(-n4[c-][n+](C)cc4)coc23)c1.Cn1cnc(-c2cccc3c2[n-]c2c(-n4[c-]ncc4)coc23)c1.[Pt+2].[Pt]. The summed E-state index contributed by atoms with van der Waals surface area (Å²) in [6.45, 7) is 0. The molecule has 0 saturated heterocycles. The summed E-state index contributed by atoms with van der Waals surface area (Å²) in [5, 5.41) is 1.96. The Bertz CT molecular complexity index is 2700. The Hall–Kier alpha value is -5.18. The third kappa shape index (κ3) is 5.41. The molecular formula is C35H24N10O2Pt2-2. The first-order valence-corrected chi connectivity index (χ1v) is 14.7. The van der Waals surface area contributed by atoms with Gasteiger partial charge < -0.3 is 51.6 Å². The second-order valence-electron chi connectivity index (χ2n) is 11.3. The molecule has 2 aromatic carbocycles. The Morgan fingerprint density at radius 1 is 0.776 bits per heavy atom. The van der Waals surface area contributed by atoms with Gasteiger partial charge in [0, 0.05) is 70.1 Å². The first-order valence-electron chi connectivity index (χ1n) is 14.7. The van der Waals surface area contributed by atoms with Crippen LogP contribution in [-0.4, -0.2) is 33.2 Å². The monoisotopic (exact) mass is 1010 g/mol. The van der Waals surface area contributed by atoms with Gasteiger partial charge in [0.25, 0.3) is 0 Å². The van der Waals surface area contributed by atoms with Crippen LogP contribution in [0.25, 0.3) is 77.9 Å². The van der Waals surface area contributed by atoms with Crippen molar-refractivity contribution < 1.29 is 55.5 Å². The van der Waals surface area contributed by atoms with E-state index in [9.17, 15) is 0 Å². The standard InChI is InChI=1S/C18H13N5O.C17H11N5O.2Pt/c1-21-6-7-23(11-21)15-9-24-18-13-5-3-4-12(16(13)20-17(15)18)14-8-22(2)10-19-14;1-21-7-13(19-10-21)11-3-2-4-12-15(11)20-16-14(8-23-17(12)16)22-6-5-18-9-22;;/h3-9H,1-2H3;2-8,10H,1H3;;/q2*-2;;+2. The molecule has 10 aromatic rings. The summed E-state index contributed by atoms with van der Waals surface area (Å²) in [5.74, 6) is 0. The summed E-state index contributed by atoms with van der Waals surface area (Å²) in [6.07, 6.45) is 25.4. The molecule has 0 bridgehead atoms. The number of nitrogens with zero attached hydrogens (tertiary/aromatic N) is 10. The maximum atomic E-state index is 5.82. The maximum Gasteiger partial charge on any atom is 2.00 e. The number of benzene rings is 2. The summed E-state index contributed by atoms with van der Waals surface area (Å²) in [7, 11) is 5.78. The van der Waals surface area contributed by atoms with Gasteiger partial charge in [-0.05, 0) is 18.3 Å². The molecule has 0 atom stereocenters. The van der Waals surface area contributed by atoms with Crippen molar-refractivity contribution in [3.63, 3.8) is 0 Å². The summed E-state index contributed by atoms with van der Waals surface area (Å²) < 4.78 is 20.8. The maximum absolute atomic E-state index is 5.82. The van der Waals surface area contributed by atoms with Crippen LogP contribution in [0.3, 0.4) is 0 Å². The second-order valence-corrected chi connectivity index (χ2v) is 11.3. The summed E-state index contributed by atoms with van der Waals surface area (Å²) in [4.78, 5) is 22.4. The van der Waals surface area contributed by atoms with Gasteiger partial charge in [0.15, 0.2) is 0 Å². The molecule has 12 nitrogen and oxygen atoms in total. The van der Waals surface area contributed by atoms with E-state index < -0.39 is 0 Å². The molecule has 0 spiro atoms. The normalized spacial score (nSPS) is 11.2. The van der Waals surface area contributed by atoms with Crippen LogP contribution < -0.4 is 14.5 Å². The second kappa shape index (κ2) is 12.7. The molecule has 49 heavy (non-hydrogen) atoms. The third-order valence-corrected chi connectivity index (χ3v) is 8.08. The zero-order valence-corrected chi connectivity index (χ0v) is 30.6. The van der Waals surface area contributed by atoms with Crippen LogP contribution in [0.1, 0.15) is 0 Å². The van der Waals surface area contributed by atoms with Crippen molar-refractivity contribution >= 4 is 44.0 Å². The average molecular weight is 1010 g/mol. The molecule has 248 valence electrons. The molecule has 0 radical (unpaired) electrons. The van der Waals surface area contributed by atoms with Crippen molar-refractivity contribution in [3.8, 4) is 33.9 Å². The van der Waals surface area contributed by atoms with Crippen molar-refractivity contribution in [3.05, 3.63) is 111 Å². The molecule has 14 heteroatoms. The van der Waals surface area contributed by atoms with E-state index in [1.165, 1.54) is 0 Å². The Morgan fingerprint density at radius 3 is 1.96 bits per heavy atom. The van der Waals surface area contributed by atoms with Crippen molar-refractivity contribution in [1.82, 2.24) is 43.2 Å². The summed E-state index contributed by atoms with van der Waals surface area (Å²) >= 11 is 0. The van der Waals surface area contributed by atoms with Crippen molar-refractivity contribution in [1.29, 1.82) is 0 Å². The van der Waals surface area contributed by atoms with Crippen LogP contribution in [0.15, 0.2) is 101 Å². The number of imidazole rings is 4. The van der Waals surface area contributed by atoms with Gasteiger partial charge in [-0.3, -0.25) is 0 Å². The van der Waals surface area contributed by atoms with Gasteiger partial charge >= 0.3 is 21.1 Å². The smallest absolute Gasteiger partial charge is 0.660 e. The van der Waals surface area contributed by atoms with E-state index in [4.69, 9.17) is 18.8 Å². The first kappa shape index (κ1) is 32.4. The van der Waals surface area contributed by atoms with Crippen LogP contribution in [0, 0.1) is 19.0 Å². The van der Waals surface area contributed by atoms with Crippen LogP contribution in [0.2, 0.25) is 0 Å². The first-order chi connectivity index (χ1) is 23.0. The van der Waals surface area contributed by atoms with Gasteiger partial charge in [0.2, 0.25) is 6.33 Å². The molecule has 0 aliphatic heterocycles. The number of aryl methyl sites for hydroxylation is 3. The average Bonchev–Trinajstić information content (AvgIpc) is 3.91. The molecule has 10 rings (SSSR count). The Balaban J connectivity index is 0.000000148. The Labute approximate surface area is 307 Å². The molecule has 0 aliphatic carbocycles. The molecule has 0 saturated carbocycles. The summed E-state index contributed by atoms with van der Waals surface area (Å²) in [6, 6.07) is 12.1. The van der Waals surface area contributed by atoms with Gasteiger partial charge in [0.05, 0.1) is 37.3 Å². The van der Waals surface area contributed by atoms with E-state index in [-0.39, 0.29) is 42.1 Å². The number of furan rings is 2. The molecule has 0 fully saturated rings. The molecule has 8 aromatic heterocycles. The van der Waals surface area contributed by atoms with E-state index >= 15 is 0 Å². The van der Waals surface area contributed by atoms with Crippen molar-refractivity contribution in [2.75, 3.05) is 0 Å². The van der Waals surface area contributed by atoms with Crippen molar-refractivity contribution in [2.24, 2.45) is 21.1 Å². The van der Waals surface area contributed by atoms with E-state index in [0.29, 0.717) is 0 Å². The molecule has 8 heterocycles. The zero-order valence-electron chi connectivity index (χ0n) is 26.1. The molecule has 0 amide bonds. The van der Waals surface area contributed by atoms with E-state index in [1.807, 2.05) is 102 Å². The van der Waals surface area contributed by atoms with E-state index in [0.717, 1.165) is 77.9 Å². The number of para-hydroxylation sites is 2. The molecular weight excluding hydrogens is 983 g/mol. The molecule has 0 N–H and O–H groups in total. The molecule has 0 unspecified atom stereocenters. The number of hydrogen-bond donors (Lipinski definition) is 0. The number of aromatic nitrogens is 10. The van der Waals surface area contributed by atoms with Crippen LogP contribution >= 0.6 is 0 Å². The minimum Gasteiger partial charge on any atom is -0.660 e. The van der Waals surface area contributed by atoms with Gasteiger partial charge in [-0.1, -0.05) is 65.6 Å². The van der Waals surface area contributed by atoms with Gasteiger partial charge in [0.1, 0.15) is 11.2 Å². The fourth-order valence-corrected chi connectivity index (χ4v) is 5.91. The predicted octanol–water partition coefficient (Wildman–Crippen LogP) is 5.08. The number of fused-ring (bicyclic) bond motifs is 6. The minimum atomic E-state index is 0. The zero-order chi connectivity index (χ0) is 31.6. The quantitative estimate of drug-likeness (QED) is 0.179. The Morgan fingerprint density at radius 2 is 1.43 bits per heavy atom. The fraction of sp³-hybridized carbons (Fsp3) is 0.0857. The predicted molar refractivity (Wildman–Crippen MR) is 173 cm³/mol. The number of rotatable bonds is 4. The van der Waals surface area contributed by atoms with Gasteiger partial charge in [-0.15, -0.1) is 22.7 Å². The Kier molecular flexibility index (Phi) is 8.38. The van der Waals surface area contributed by atoms with Crippen LogP contribution in [0.4, 0.5) is 0 Å². The van der Waals surface area contributed by atoms with E-state index in [1.54, 1.807) is 34.2 Å². The third-order valence-electron chi connectivity index (χ3n) is 8.08.